The highest BCUT2D eigenvalue weighted by atomic mass is 16.3. The van der Waals surface area contributed by atoms with E-state index in [1.165, 1.54) is 89.3 Å². The average Bonchev–Trinajstić information content (AvgIpc) is 3.29. The molecule has 81 heavy (non-hydrogen) atoms. The number of fused-ring (bicyclic) bond motifs is 8. The van der Waals surface area contributed by atoms with Gasteiger partial charge in [0.1, 0.15) is 5.58 Å². The Morgan fingerprint density at radius 3 is 1.54 bits per heavy atom. The van der Waals surface area contributed by atoms with Crippen LogP contribution < -0.4 is 31.3 Å². The molecule has 0 atom stereocenters. The van der Waals surface area contributed by atoms with Gasteiger partial charge in [0.25, 0.3) is 6.71 Å². The third-order valence-electron chi connectivity index (χ3n) is 19.9. The quantitative estimate of drug-likeness (QED) is 0.155. The van der Waals surface area contributed by atoms with Gasteiger partial charge in [-0.15, -0.1) is 0 Å². The lowest BCUT2D eigenvalue weighted by atomic mass is 9.35. The lowest BCUT2D eigenvalue weighted by Gasteiger charge is -2.48. The molecular weight excluding hydrogens is 982 g/mol. The first-order chi connectivity index (χ1) is 38.2. The van der Waals surface area contributed by atoms with Gasteiger partial charge in [-0.1, -0.05) is 175 Å². The standard InChI is InChI=1S/C76H84BN3O/c1-47-22-29-52(30-23-47)78(53-31-24-48(2)25-32-53)55-41-65-68-66(42-55)80(63-45-60-58(73(9,10)36-38-75(60,13)14)43-56(63)49-20-18-17-19-21-49)64-46-61-59(74(11,12)37-39-76(61,15)16)44-62(64)77(68)70-69(57-40-51(72(6,7)8)28-35-67(57)81-70)79(65)54-33-26-50(27-34-54)71(3,4)5/h17-18,20,22-35,40-46H,19,21,36-39H2,1-16H3. The fourth-order valence-electron chi connectivity index (χ4n) is 14.5. The van der Waals surface area contributed by atoms with Crippen molar-refractivity contribution in [1.29, 1.82) is 0 Å². The second-order valence-corrected chi connectivity index (χ2v) is 29.6. The van der Waals surface area contributed by atoms with Gasteiger partial charge in [0.2, 0.25) is 0 Å². The molecule has 0 unspecified atom stereocenters. The zero-order chi connectivity index (χ0) is 57.1. The molecule has 412 valence electrons. The first-order valence-electron chi connectivity index (χ1n) is 30.3. The molecule has 3 aliphatic carbocycles. The van der Waals surface area contributed by atoms with Gasteiger partial charge >= 0.3 is 0 Å². The average molecular weight is 1070 g/mol. The highest BCUT2D eigenvalue weighted by Gasteiger charge is 2.50. The van der Waals surface area contributed by atoms with E-state index in [4.69, 9.17) is 4.42 Å². The van der Waals surface area contributed by atoms with E-state index in [0.717, 1.165) is 83.6 Å². The van der Waals surface area contributed by atoms with Gasteiger partial charge in [-0.2, -0.15) is 0 Å². The number of rotatable bonds is 6. The molecule has 13 rings (SSSR count). The Labute approximate surface area is 485 Å². The summed E-state index contributed by atoms with van der Waals surface area (Å²) < 4.78 is 7.67. The number of benzene rings is 7. The van der Waals surface area contributed by atoms with Crippen LogP contribution >= 0.6 is 0 Å². The Morgan fingerprint density at radius 1 is 0.506 bits per heavy atom. The van der Waals surface area contributed by atoms with Crippen LogP contribution in [0, 0.1) is 13.8 Å². The van der Waals surface area contributed by atoms with E-state index in [-0.39, 0.29) is 39.2 Å². The summed E-state index contributed by atoms with van der Waals surface area (Å²) in [5.41, 5.74) is 28.5. The molecule has 0 saturated carbocycles. The number of hydrogen-bond donors (Lipinski definition) is 0. The third kappa shape index (κ3) is 8.68. The molecular formula is C76H84BN3O. The predicted molar refractivity (Wildman–Crippen MR) is 349 cm³/mol. The van der Waals surface area contributed by atoms with Crippen molar-refractivity contribution >= 4 is 91.0 Å². The molecule has 0 amide bonds. The lowest BCUT2D eigenvalue weighted by molar-refractivity contribution is 0.332. The van der Waals surface area contributed by atoms with Gasteiger partial charge in [-0.05, 0) is 214 Å². The number of hydrogen-bond acceptors (Lipinski definition) is 4. The van der Waals surface area contributed by atoms with Crippen molar-refractivity contribution in [2.45, 2.75) is 182 Å². The minimum atomic E-state index is -0.215. The number of furan rings is 1. The predicted octanol–water partition coefficient (Wildman–Crippen LogP) is 19.6. The first-order valence-corrected chi connectivity index (χ1v) is 30.3. The van der Waals surface area contributed by atoms with Crippen molar-refractivity contribution in [2.75, 3.05) is 14.7 Å². The maximum absolute atomic E-state index is 7.67. The van der Waals surface area contributed by atoms with Gasteiger partial charge in [-0.25, -0.2) is 0 Å². The second kappa shape index (κ2) is 18.3. The highest BCUT2D eigenvalue weighted by Crippen LogP contribution is 2.56. The molecule has 0 spiro atoms. The summed E-state index contributed by atoms with van der Waals surface area (Å²) in [5.74, 6) is 0. The van der Waals surface area contributed by atoms with Crippen LogP contribution in [-0.4, -0.2) is 6.71 Å². The van der Waals surface area contributed by atoms with Gasteiger partial charge in [0.05, 0.1) is 22.7 Å². The van der Waals surface area contributed by atoms with Crippen LogP contribution in [0.5, 0.6) is 0 Å². The number of anilines is 9. The van der Waals surface area contributed by atoms with E-state index in [9.17, 15) is 0 Å². The maximum atomic E-state index is 7.67. The van der Waals surface area contributed by atoms with Gasteiger partial charge in [-0.3, -0.25) is 0 Å². The number of allylic oxidation sites excluding steroid dienone is 4. The summed E-state index contributed by atoms with van der Waals surface area (Å²) in [6, 6.07) is 50.5. The number of nitrogens with zero attached hydrogens (tertiary/aromatic N) is 3. The summed E-state index contributed by atoms with van der Waals surface area (Å²) in [6.45, 7) is 38.0. The molecule has 5 heteroatoms. The molecule has 0 radical (unpaired) electrons. The minimum absolute atomic E-state index is 0.0199. The Balaban J connectivity index is 1.23. The Kier molecular flexibility index (Phi) is 12.0. The maximum Gasteiger partial charge on any atom is 0.297 e. The summed E-state index contributed by atoms with van der Waals surface area (Å²) in [5, 5.41) is 1.14. The van der Waals surface area contributed by atoms with Crippen LogP contribution in [0.3, 0.4) is 0 Å². The smallest absolute Gasteiger partial charge is 0.297 e. The summed E-state index contributed by atoms with van der Waals surface area (Å²) >= 11 is 0. The highest BCUT2D eigenvalue weighted by molar-refractivity contribution is 7.00. The first kappa shape index (κ1) is 53.3. The molecule has 7 aromatic carbocycles. The van der Waals surface area contributed by atoms with Crippen LogP contribution in [0.4, 0.5) is 51.2 Å². The molecule has 2 aliphatic heterocycles. The van der Waals surface area contributed by atoms with Crippen LogP contribution in [0.2, 0.25) is 0 Å². The molecule has 0 fully saturated rings. The van der Waals surface area contributed by atoms with E-state index in [1.54, 1.807) is 0 Å². The van der Waals surface area contributed by atoms with Crippen molar-refractivity contribution in [2.24, 2.45) is 0 Å². The van der Waals surface area contributed by atoms with Crippen molar-refractivity contribution < 1.29 is 4.42 Å². The van der Waals surface area contributed by atoms with E-state index < -0.39 is 0 Å². The molecule has 0 N–H and O–H groups in total. The third-order valence-corrected chi connectivity index (χ3v) is 19.9. The molecule has 5 aliphatic rings. The van der Waals surface area contributed by atoms with Gasteiger partial charge in [0, 0.05) is 45.1 Å². The van der Waals surface area contributed by atoms with E-state index in [0.29, 0.717) is 0 Å². The largest absolute Gasteiger partial charge is 0.468 e. The van der Waals surface area contributed by atoms with Gasteiger partial charge in [0.15, 0.2) is 0 Å². The lowest BCUT2D eigenvalue weighted by Crippen LogP contribution is -2.61. The molecule has 4 nitrogen and oxygen atoms in total. The fourth-order valence-corrected chi connectivity index (χ4v) is 14.5. The number of aryl methyl sites for hydroxylation is 2. The van der Waals surface area contributed by atoms with Gasteiger partial charge < -0.3 is 19.1 Å². The normalized spacial score (nSPS) is 18.2. The Hall–Kier alpha value is -6.98. The Morgan fingerprint density at radius 2 is 1.01 bits per heavy atom. The summed E-state index contributed by atoms with van der Waals surface area (Å²) in [4.78, 5) is 7.88. The van der Waals surface area contributed by atoms with E-state index in [1.807, 2.05) is 0 Å². The monoisotopic (exact) mass is 1070 g/mol. The second-order valence-electron chi connectivity index (χ2n) is 29.6. The van der Waals surface area contributed by atoms with E-state index in [2.05, 4.69) is 271 Å². The molecule has 0 bridgehead atoms. The van der Waals surface area contributed by atoms with Crippen molar-refractivity contribution in [3.8, 4) is 0 Å². The van der Waals surface area contributed by atoms with Crippen LogP contribution in [-0.2, 0) is 32.5 Å². The van der Waals surface area contributed by atoms with Crippen molar-refractivity contribution in [1.82, 2.24) is 0 Å². The van der Waals surface area contributed by atoms with Crippen LogP contribution in [0.1, 0.15) is 186 Å². The SMILES string of the molecule is Cc1ccc(N(c2ccc(C)cc2)c2cc3c4c(c2)N(c2ccc(C(C)(C)C)cc2)c2c(oc5ccc(C(C)(C)C)cc25)B4c2cc4c(cc2N3c2cc3c(cc2C2=CC=CCC2)C(C)(C)CCC3(C)C)C(C)(C)CCC4(C)C)cc1. The van der Waals surface area contributed by atoms with Crippen LogP contribution in [0.15, 0.2) is 150 Å². The minimum Gasteiger partial charge on any atom is -0.468 e. The molecule has 1 aromatic heterocycles. The van der Waals surface area contributed by atoms with Crippen molar-refractivity contribution in [3.05, 3.63) is 196 Å². The summed E-state index contributed by atoms with van der Waals surface area (Å²) in [6.07, 6.45) is 13.6. The Bertz CT molecular complexity index is 3870. The zero-order valence-corrected chi connectivity index (χ0v) is 51.4. The topological polar surface area (TPSA) is 22.9 Å². The summed E-state index contributed by atoms with van der Waals surface area (Å²) in [7, 11) is 0. The zero-order valence-electron chi connectivity index (χ0n) is 51.4. The molecule has 3 heterocycles. The van der Waals surface area contributed by atoms with E-state index >= 15 is 0 Å². The molecule has 8 aromatic rings. The van der Waals surface area contributed by atoms with Crippen molar-refractivity contribution in [3.63, 3.8) is 0 Å². The fraction of sp³-hybridized carbons (Fsp3) is 0.368. The molecule has 0 saturated heterocycles. The van der Waals surface area contributed by atoms with Crippen LogP contribution in [0.25, 0.3) is 16.5 Å².